The van der Waals surface area contributed by atoms with E-state index in [2.05, 4.69) is 33.8 Å². The van der Waals surface area contributed by atoms with Crippen molar-refractivity contribution >= 4 is 0 Å². The number of hydrogen-bond acceptors (Lipinski definition) is 10. The van der Waals surface area contributed by atoms with E-state index in [0.717, 1.165) is 44.1 Å². The fourth-order valence-corrected chi connectivity index (χ4v) is 10.9. The Morgan fingerprint density at radius 1 is 0.905 bits per heavy atom. The molecule has 10 nitrogen and oxygen atoms in total. The predicted octanol–water partition coefficient (Wildman–Crippen LogP) is 1.23. The van der Waals surface area contributed by atoms with Crippen LogP contribution in [0, 0.1) is 40.4 Å². The van der Waals surface area contributed by atoms with Crippen LogP contribution in [0.25, 0.3) is 0 Å². The topological polar surface area (TPSA) is 158 Å². The molecule has 3 saturated carbocycles. The summed E-state index contributed by atoms with van der Waals surface area (Å²) in [5.74, 6) is 0.0678. The smallest absolute Gasteiger partial charge is 0.186 e. The van der Waals surface area contributed by atoms with Crippen molar-refractivity contribution in [2.45, 2.75) is 133 Å². The number of hydrogen-bond donors (Lipinski definition) is 6. The minimum atomic E-state index is -1.50. The molecule has 17 unspecified atom stereocenters. The highest BCUT2D eigenvalue weighted by Crippen LogP contribution is 2.72. The molecule has 0 aromatic rings. The van der Waals surface area contributed by atoms with E-state index in [1.807, 2.05) is 0 Å². The maximum Gasteiger partial charge on any atom is 0.186 e. The molecule has 4 aliphatic carbocycles. The molecule has 1 spiro atoms. The number of aliphatic hydroxyl groups is 6. The molecule has 0 amide bonds. The summed E-state index contributed by atoms with van der Waals surface area (Å²) in [5, 5.41) is 65.7. The maximum atomic E-state index is 12.6. The molecule has 238 valence electrons. The standard InChI is InChI=1S/C32H50O10/c1-15-7-10-31(40-13-15)16(2)32(38)23(42-31)12-20-18-6-5-17-11-21(33)25(36)27(30(17,4)19(18)8-9-29(20,32)3)41-28-26(37)24(35)22(34)14-39-28/h5,15-16,18-28,33-38H,6-14H2,1-4H3. The van der Waals surface area contributed by atoms with Crippen molar-refractivity contribution in [3.8, 4) is 0 Å². The Morgan fingerprint density at radius 2 is 1.67 bits per heavy atom. The van der Waals surface area contributed by atoms with Gasteiger partial charge in [-0.15, -0.1) is 0 Å². The second-order valence-corrected chi connectivity index (χ2v) is 15.3. The highest BCUT2D eigenvalue weighted by atomic mass is 16.7. The van der Waals surface area contributed by atoms with E-state index < -0.39 is 59.7 Å². The van der Waals surface area contributed by atoms with Gasteiger partial charge in [-0.05, 0) is 62.2 Å². The summed E-state index contributed by atoms with van der Waals surface area (Å²) in [4.78, 5) is 0. The van der Waals surface area contributed by atoms with Crippen LogP contribution in [0.1, 0.15) is 72.6 Å². The van der Waals surface area contributed by atoms with Crippen molar-refractivity contribution in [1.82, 2.24) is 0 Å². The lowest BCUT2D eigenvalue weighted by Crippen LogP contribution is -2.65. The molecule has 3 aliphatic heterocycles. The van der Waals surface area contributed by atoms with Crippen LogP contribution in [-0.4, -0.2) is 104 Å². The van der Waals surface area contributed by atoms with E-state index in [0.29, 0.717) is 18.9 Å². The summed E-state index contributed by atoms with van der Waals surface area (Å²) in [5.41, 5.74) is -1.01. The Balaban J connectivity index is 1.19. The Kier molecular flexibility index (Phi) is 7.09. The van der Waals surface area contributed by atoms with E-state index in [-0.39, 0.29) is 41.8 Å². The van der Waals surface area contributed by atoms with Crippen LogP contribution in [0.3, 0.4) is 0 Å². The summed E-state index contributed by atoms with van der Waals surface area (Å²) < 4.78 is 25.0. The number of rotatable bonds is 2. The fraction of sp³-hybridized carbons (Fsp3) is 0.938. The van der Waals surface area contributed by atoms with Crippen LogP contribution < -0.4 is 0 Å². The molecule has 42 heavy (non-hydrogen) atoms. The molecule has 7 rings (SSSR count). The molecule has 17 atom stereocenters. The van der Waals surface area contributed by atoms with Gasteiger partial charge in [0.1, 0.15) is 30.0 Å². The van der Waals surface area contributed by atoms with Gasteiger partial charge in [-0.1, -0.05) is 39.3 Å². The fourth-order valence-electron chi connectivity index (χ4n) is 10.9. The molecule has 6 fully saturated rings. The number of allylic oxidation sites excluding steroid dienone is 1. The number of fused-ring (bicyclic) bond motifs is 7. The highest BCUT2D eigenvalue weighted by molar-refractivity contribution is 5.31. The normalized spacial score (nSPS) is 60.8. The highest BCUT2D eigenvalue weighted by Gasteiger charge is 2.76. The first kappa shape index (κ1) is 30.0. The zero-order chi connectivity index (χ0) is 30.0. The SMILES string of the molecule is CC1CCC2(OC1)OC1CC3C4CC=C5CC(O)C(O)C(OC6OCC(O)C(O)C6O)C5(C)C4CCC3(C)C1(O)C2C. The van der Waals surface area contributed by atoms with Gasteiger partial charge in [0.25, 0.3) is 0 Å². The molecular weight excluding hydrogens is 544 g/mol. The molecule has 3 heterocycles. The lowest BCUT2D eigenvalue weighted by atomic mass is 9.45. The third-order valence-electron chi connectivity index (χ3n) is 13.5. The predicted molar refractivity (Wildman–Crippen MR) is 149 cm³/mol. The molecule has 10 heteroatoms. The van der Waals surface area contributed by atoms with E-state index in [1.165, 1.54) is 0 Å². The molecular formula is C32H50O10. The Hall–Kier alpha value is -0.660. The van der Waals surface area contributed by atoms with Crippen LogP contribution in [-0.2, 0) is 18.9 Å². The summed E-state index contributed by atoms with van der Waals surface area (Å²) >= 11 is 0. The van der Waals surface area contributed by atoms with Crippen LogP contribution in [0.15, 0.2) is 11.6 Å². The third-order valence-corrected chi connectivity index (χ3v) is 13.5. The van der Waals surface area contributed by atoms with Crippen molar-refractivity contribution < 1.29 is 49.6 Å². The van der Waals surface area contributed by atoms with Gasteiger partial charge in [0.2, 0.25) is 0 Å². The second-order valence-electron chi connectivity index (χ2n) is 15.3. The third kappa shape index (κ3) is 3.80. The van der Waals surface area contributed by atoms with Gasteiger partial charge >= 0.3 is 0 Å². The molecule has 6 N–H and O–H groups in total. The lowest BCUT2D eigenvalue weighted by molar-refractivity contribution is -0.313. The van der Waals surface area contributed by atoms with Crippen LogP contribution in [0.4, 0.5) is 0 Å². The van der Waals surface area contributed by atoms with Crippen LogP contribution >= 0.6 is 0 Å². The van der Waals surface area contributed by atoms with E-state index in [1.54, 1.807) is 0 Å². The first-order chi connectivity index (χ1) is 19.8. The van der Waals surface area contributed by atoms with Gasteiger partial charge < -0.3 is 49.6 Å². The number of ether oxygens (including phenoxy) is 4. The molecule has 7 aliphatic rings. The Labute approximate surface area is 248 Å². The monoisotopic (exact) mass is 594 g/mol. The van der Waals surface area contributed by atoms with E-state index in [9.17, 15) is 30.6 Å². The Morgan fingerprint density at radius 3 is 2.38 bits per heavy atom. The van der Waals surface area contributed by atoms with Crippen molar-refractivity contribution in [2.24, 2.45) is 40.4 Å². The lowest BCUT2D eigenvalue weighted by Gasteiger charge is -2.62. The van der Waals surface area contributed by atoms with Gasteiger partial charge in [-0.3, -0.25) is 0 Å². The molecule has 0 bridgehead atoms. The van der Waals surface area contributed by atoms with Crippen molar-refractivity contribution in [2.75, 3.05) is 13.2 Å². The van der Waals surface area contributed by atoms with Gasteiger partial charge in [-0.2, -0.15) is 0 Å². The van der Waals surface area contributed by atoms with E-state index >= 15 is 0 Å². The summed E-state index contributed by atoms with van der Waals surface area (Å²) in [6.07, 6.45) is -1.39. The molecule has 0 aromatic carbocycles. The minimum Gasteiger partial charge on any atom is -0.390 e. The summed E-state index contributed by atoms with van der Waals surface area (Å²) in [6, 6.07) is 0. The molecule has 0 radical (unpaired) electrons. The zero-order valence-corrected chi connectivity index (χ0v) is 25.3. The van der Waals surface area contributed by atoms with Crippen molar-refractivity contribution in [1.29, 1.82) is 0 Å². The van der Waals surface area contributed by atoms with Crippen molar-refractivity contribution in [3.63, 3.8) is 0 Å². The Bertz CT molecular complexity index is 1090. The van der Waals surface area contributed by atoms with Crippen LogP contribution in [0.5, 0.6) is 0 Å². The minimum absolute atomic E-state index is 0.0949. The van der Waals surface area contributed by atoms with Gasteiger partial charge in [0, 0.05) is 23.2 Å². The average Bonchev–Trinajstić information content (AvgIpc) is 3.31. The first-order valence-electron chi connectivity index (χ1n) is 16.2. The maximum absolute atomic E-state index is 12.6. The quantitative estimate of drug-likeness (QED) is 0.257. The number of aliphatic hydroxyl groups excluding tert-OH is 5. The van der Waals surface area contributed by atoms with Gasteiger partial charge in [0.15, 0.2) is 12.1 Å². The van der Waals surface area contributed by atoms with Gasteiger partial charge in [-0.25, -0.2) is 0 Å². The summed E-state index contributed by atoms with van der Waals surface area (Å²) in [7, 11) is 0. The van der Waals surface area contributed by atoms with Crippen LogP contribution in [0.2, 0.25) is 0 Å². The molecule has 0 aromatic heterocycles. The zero-order valence-electron chi connectivity index (χ0n) is 25.3. The second kappa shape index (κ2) is 9.92. The molecule has 3 saturated heterocycles. The van der Waals surface area contributed by atoms with Gasteiger partial charge in [0.05, 0.1) is 31.5 Å². The summed E-state index contributed by atoms with van der Waals surface area (Å²) in [6.45, 7) is 9.08. The average molecular weight is 595 g/mol. The van der Waals surface area contributed by atoms with Crippen molar-refractivity contribution in [3.05, 3.63) is 11.6 Å². The van der Waals surface area contributed by atoms with E-state index in [4.69, 9.17) is 18.9 Å². The first-order valence-corrected chi connectivity index (χ1v) is 16.2. The largest absolute Gasteiger partial charge is 0.390 e.